The lowest BCUT2D eigenvalue weighted by Gasteiger charge is -1.97. The van der Waals surface area contributed by atoms with Gasteiger partial charge in [-0.25, -0.2) is 0 Å². The van der Waals surface area contributed by atoms with Gasteiger partial charge in [0, 0.05) is 18.8 Å². The SMILES string of the molecule is CC(=O)Nc1c[c]ncc1. The molecule has 0 saturated carbocycles. The summed E-state index contributed by atoms with van der Waals surface area (Å²) in [6.45, 7) is 1.46. The van der Waals surface area contributed by atoms with Gasteiger partial charge in [0.05, 0.1) is 6.20 Å². The van der Waals surface area contributed by atoms with Gasteiger partial charge in [0.15, 0.2) is 0 Å². The molecule has 1 N–H and O–H groups in total. The third-order valence-corrected chi connectivity index (χ3v) is 0.944. The Morgan fingerprint density at radius 2 is 2.60 bits per heavy atom. The largest absolute Gasteiger partial charge is 0.326 e. The third kappa shape index (κ3) is 1.85. The number of amides is 1. The van der Waals surface area contributed by atoms with Crippen molar-refractivity contribution in [2.24, 2.45) is 0 Å². The Labute approximate surface area is 59.1 Å². The molecule has 0 aromatic carbocycles. The van der Waals surface area contributed by atoms with E-state index in [0.29, 0.717) is 0 Å². The van der Waals surface area contributed by atoms with Crippen molar-refractivity contribution < 1.29 is 4.79 Å². The lowest BCUT2D eigenvalue weighted by molar-refractivity contribution is -0.114. The van der Waals surface area contributed by atoms with Crippen LogP contribution in [0.25, 0.3) is 0 Å². The van der Waals surface area contributed by atoms with E-state index >= 15 is 0 Å². The van der Waals surface area contributed by atoms with Crippen molar-refractivity contribution in [2.45, 2.75) is 6.92 Å². The molecule has 0 fully saturated rings. The minimum atomic E-state index is -0.0837. The Kier molecular flexibility index (Phi) is 1.99. The number of anilines is 1. The van der Waals surface area contributed by atoms with Crippen LogP contribution in [0, 0.1) is 6.20 Å². The fourth-order valence-corrected chi connectivity index (χ4v) is 0.597. The maximum atomic E-state index is 10.5. The van der Waals surface area contributed by atoms with Crippen LogP contribution >= 0.6 is 0 Å². The van der Waals surface area contributed by atoms with Crippen molar-refractivity contribution in [3.63, 3.8) is 0 Å². The molecule has 1 heterocycles. The van der Waals surface area contributed by atoms with Crippen molar-refractivity contribution in [3.8, 4) is 0 Å². The second-order valence-electron chi connectivity index (χ2n) is 1.85. The normalized spacial score (nSPS) is 8.90. The Morgan fingerprint density at radius 1 is 1.80 bits per heavy atom. The number of rotatable bonds is 1. The quantitative estimate of drug-likeness (QED) is 0.620. The first kappa shape index (κ1) is 6.74. The molecule has 0 unspecified atom stereocenters. The molecule has 1 rings (SSSR count). The molecule has 1 aromatic heterocycles. The fraction of sp³-hybridized carbons (Fsp3) is 0.143. The maximum Gasteiger partial charge on any atom is 0.221 e. The molecule has 0 atom stereocenters. The lowest BCUT2D eigenvalue weighted by Crippen LogP contribution is -2.05. The molecular formula is C7H7N2O. The smallest absolute Gasteiger partial charge is 0.221 e. The van der Waals surface area contributed by atoms with Crippen molar-refractivity contribution in [2.75, 3.05) is 5.32 Å². The zero-order chi connectivity index (χ0) is 7.40. The first-order valence-electron chi connectivity index (χ1n) is 2.89. The summed E-state index contributed by atoms with van der Waals surface area (Å²) in [5.41, 5.74) is 0.725. The molecular weight excluding hydrogens is 128 g/mol. The summed E-state index contributed by atoms with van der Waals surface area (Å²) in [5.74, 6) is -0.0837. The number of hydrogen-bond acceptors (Lipinski definition) is 2. The van der Waals surface area contributed by atoms with Crippen LogP contribution in [-0.2, 0) is 4.79 Å². The third-order valence-electron chi connectivity index (χ3n) is 0.944. The van der Waals surface area contributed by atoms with Crippen LogP contribution < -0.4 is 5.32 Å². The van der Waals surface area contributed by atoms with Crippen LogP contribution in [0.15, 0.2) is 18.3 Å². The fourth-order valence-electron chi connectivity index (χ4n) is 0.597. The van der Waals surface area contributed by atoms with Crippen LogP contribution in [0.5, 0.6) is 0 Å². The summed E-state index contributed by atoms with van der Waals surface area (Å²) >= 11 is 0. The highest BCUT2D eigenvalue weighted by atomic mass is 16.1. The van der Waals surface area contributed by atoms with Gasteiger partial charge in [0.2, 0.25) is 5.91 Å². The average molecular weight is 135 g/mol. The molecule has 1 radical (unpaired) electrons. The summed E-state index contributed by atoms with van der Waals surface area (Å²) in [6.07, 6.45) is 4.18. The van der Waals surface area contributed by atoms with E-state index in [2.05, 4.69) is 16.5 Å². The number of carbonyl (C=O) groups excluding carboxylic acids is 1. The summed E-state index contributed by atoms with van der Waals surface area (Å²) in [5, 5.41) is 2.59. The van der Waals surface area contributed by atoms with Crippen LogP contribution in [0.3, 0.4) is 0 Å². The highest BCUT2D eigenvalue weighted by molar-refractivity contribution is 5.88. The Balaban J connectivity index is 2.67. The van der Waals surface area contributed by atoms with Gasteiger partial charge in [0.25, 0.3) is 0 Å². The molecule has 0 spiro atoms. The van der Waals surface area contributed by atoms with Crippen LogP contribution in [0.2, 0.25) is 0 Å². The average Bonchev–Trinajstić information content (AvgIpc) is 1.88. The summed E-state index contributed by atoms with van der Waals surface area (Å²) < 4.78 is 0. The number of pyridine rings is 1. The van der Waals surface area contributed by atoms with Crippen LogP contribution in [0.4, 0.5) is 5.69 Å². The lowest BCUT2D eigenvalue weighted by atomic mass is 10.4. The van der Waals surface area contributed by atoms with E-state index in [1.165, 1.54) is 6.92 Å². The van der Waals surface area contributed by atoms with Gasteiger partial charge in [-0.05, 0) is 12.1 Å². The van der Waals surface area contributed by atoms with Crippen LogP contribution in [0.1, 0.15) is 6.92 Å². The van der Waals surface area contributed by atoms with Gasteiger partial charge in [-0.1, -0.05) is 0 Å². The van der Waals surface area contributed by atoms with E-state index < -0.39 is 0 Å². The first-order chi connectivity index (χ1) is 4.79. The molecule has 0 saturated heterocycles. The minimum absolute atomic E-state index is 0.0837. The van der Waals surface area contributed by atoms with Crippen molar-refractivity contribution in [1.82, 2.24) is 4.98 Å². The number of nitrogens with one attached hydrogen (secondary N) is 1. The highest BCUT2D eigenvalue weighted by Crippen LogP contribution is 2.01. The number of carbonyl (C=O) groups is 1. The van der Waals surface area contributed by atoms with E-state index in [4.69, 9.17) is 0 Å². The first-order valence-corrected chi connectivity index (χ1v) is 2.89. The predicted molar refractivity (Wildman–Crippen MR) is 37.4 cm³/mol. The Hall–Kier alpha value is -1.38. The second kappa shape index (κ2) is 2.96. The zero-order valence-electron chi connectivity index (χ0n) is 5.59. The molecule has 51 valence electrons. The Morgan fingerprint density at radius 3 is 3.10 bits per heavy atom. The van der Waals surface area contributed by atoms with Gasteiger partial charge in [0.1, 0.15) is 0 Å². The van der Waals surface area contributed by atoms with Crippen molar-refractivity contribution in [1.29, 1.82) is 0 Å². The number of hydrogen-bond donors (Lipinski definition) is 1. The van der Waals surface area contributed by atoms with Gasteiger partial charge in [-0.2, -0.15) is 0 Å². The zero-order valence-corrected chi connectivity index (χ0v) is 5.59. The molecule has 3 nitrogen and oxygen atoms in total. The van der Waals surface area contributed by atoms with Gasteiger partial charge < -0.3 is 5.32 Å². The van der Waals surface area contributed by atoms with Gasteiger partial charge in [-0.3, -0.25) is 9.78 Å². The molecule has 0 aliphatic heterocycles. The molecule has 1 amide bonds. The summed E-state index contributed by atoms with van der Waals surface area (Å²) in [4.78, 5) is 14.1. The second-order valence-corrected chi connectivity index (χ2v) is 1.85. The number of aromatic nitrogens is 1. The standard InChI is InChI=1S/C7H7N2O/c1-6(10)9-7-2-4-8-5-3-7/h2-4H,1H3,(H,8,9,10). The van der Waals surface area contributed by atoms with E-state index in [9.17, 15) is 4.79 Å². The molecule has 10 heavy (non-hydrogen) atoms. The predicted octanol–water partition coefficient (Wildman–Crippen LogP) is 0.840. The topological polar surface area (TPSA) is 42.0 Å². The molecule has 0 aliphatic rings. The molecule has 0 aliphatic carbocycles. The van der Waals surface area contributed by atoms with Crippen molar-refractivity contribution in [3.05, 3.63) is 24.5 Å². The molecule has 0 bridgehead atoms. The monoisotopic (exact) mass is 135 g/mol. The molecule has 3 heteroatoms. The summed E-state index contributed by atoms with van der Waals surface area (Å²) in [6, 6.07) is 3.32. The maximum absolute atomic E-state index is 10.5. The van der Waals surface area contributed by atoms with E-state index in [1.54, 1.807) is 18.3 Å². The Bertz CT molecular complexity index is 220. The number of nitrogens with zero attached hydrogens (tertiary/aromatic N) is 1. The molecule has 1 aromatic rings. The summed E-state index contributed by atoms with van der Waals surface area (Å²) in [7, 11) is 0. The van der Waals surface area contributed by atoms with E-state index in [-0.39, 0.29) is 5.91 Å². The van der Waals surface area contributed by atoms with E-state index in [0.717, 1.165) is 5.69 Å². The van der Waals surface area contributed by atoms with E-state index in [1.807, 2.05) is 0 Å². The van der Waals surface area contributed by atoms with Gasteiger partial charge in [-0.15, -0.1) is 0 Å². The van der Waals surface area contributed by atoms with Crippen LogP contribution in [-0.4, -0.2) is 10.9 Å². The minimum Gasteiger partial charge on any atom is -0.326 e. The van der Waals surface area contributed by atoms with Crippen molar-refractivity contribution >= 4 is 11.6 Å². The van der Waals surface area contributed by atoms with Gasteiger partial charge >= 0.3 is 0 Å². The highest BCUT2D eigenvalue weighted by Gasteiger charge is 1.90.